The predicted molar refractivity (Wildman–Crippen MR) is 130 cm³/mol. The second kappa shape index (κ2) is 9.52. The number of aryl methyl sites for hydroxylation is 2. The lowest BCUT2D eigenvalue weighted by Crippen LogP contribution is -2.37. The summed E-state index contributed by atoms with van der Waals surface area (Å²) in [6.45, 7) is 4.75. The highest BCUT2D eigenvalue weighted by Gasteiger charge is 2.17. The molecule has 0 saturated heterocycles. The molecule has 0 saturated carbocycles. The number of nitrogens with zero attached hydrogens (tertiary/aromatic N) is 1. The number of H-pyrrole nitrogens is 1. The summed E-state index contributed by atoms with van der Waals surface area (Å²) < 4.78 is 0. The van der Waals surface area contributed by atoms with Crippen molar-refractivity contribution < 1.29 is 4.79 Å². The molecule has 0 atom stereocenters. The maximum atomic E-state index is 13.1. The number of aromatic amines is 1. The summed E-state index contributed by atoms with van der Waals surface area (Å²) in [6, 6.07) is 25.2. The first-order chi connectivity index (χ1) is 15.5. The number of fused-ring (bicyclic) bond motifs is 1. The van der Waals surface area contributed by atoms with Crippen molar-refractivity contribution in [3.05, 3.63) is 111 Å². The summed E-state index contributed by atoms with van der Waals surface area (Å²) in [7, 11) is 0. The summed E-state index contributed by atoms with van der Waals surface area (Å²) >= 11 is 0. The molecule has 162 valence electrons. The van der Waals surface area contributed by atoms with Crippen LogP contribution < -0.4 is 10.9 Å². The monoisotopic (exact) mass is 425 g/mol. The van der Waals surface area contributed by atoms with Crippen molar-refractivity contribution in [2.45, 2.75) is 26.8 Å². The van der Waals surface area contributed by atoms with E-state index in [4.69, 9.17) is 0 Å². The third-order valence-electron chi connectivity index (χ3n) is 5.59. The number of rotatable bonds is 6. The summed E-state index contributed by atoms with van der Waals surface area (Å²) in [4.78, 5) is 30.6. The SMILES string of the molecule is Cc1cccc(CCN(Cc2cc3cccc(C)c3[nH]c2=O)C(=O)Nc2ccccc2)c1. The number of benzene rings is 3. The molecule has 0 aliphatic carbocycles. The molecule has 2 amide bonds. The Bertz CT molecular complexity index is 1300. The van der Waals surface area contributed by atoms with Gasteiger partial charge in [0.2, 0.25) is 0 Å². The highest BCUT2D eigenvalue weighted by molar-refractivity contribution is 5.89. The number of para-hydroxylation sites is 2. The van der Waals surface area contributed by atoms with Crippen LogP contribution in [0.3, 0.4) is 0 Å². The minimum absolute atomic E-state index is 0.167. The highest BCUT2D eigenvalue weighted by atomic mass is 16.2. The number of nitrogens with one attached hydrogen (secondary N) is 2. The van der Waals surface area contributed by atoms with Gasteiger partial charge in [-0.1, -0.05) is 66.2 Å². The first-order valence-electron chi connectivity index (χ1n) is 10.8. The average molecular weight is 426 g/mol. The zero-order valence-electron chi connectivity index (χ0n) is 18.4. The van der Waals surface area contributed by atoms with Gasteiger partial charge in [0, 0.05) is 17.8 Å². The normalized spacial score (nSPS) is 10.8. The predicted octanol–water partition coefficient (Wildman–Crippen LogP) is 5.42. The van der Waals surface area contributed by atoms with Gasteiger partial charge in [-0.2, -0.15) is 0 Å². The van der Waals surface area contributed by atoms with Crippen molar-refractivity contribution in [2.75, 3.05) is 11.9 Å². The van der Waals surface area contributed by atoms with Crippen LogP contribution in [0.2, 0.25) is 0 Å². The molecule has 0 bridgehead atoms. The number of aromatic nitrogens is 1. The maximum absolute atomic E-state index is 13.1. The molecule has 5 nitrogen and oxygen atoms in total. The highest BCUT2D eigenvalue weighted by Crippen LogP contribution is 2.17. The standard InChI is InChI=1S/C27H27N3O2/c1-19-8-6-10-21(16-19)14-15-30(27(32)28-24-12-4-3-5-13-24)18-23-17-22-11-7-9-20(2)25(22)29-26(23)31/h3-13,16-17H,14-15,18H2,1-2H3,(H,28,32)(H,29,31). The fourth-order valence-electron chi connectivity index (χ4n) is 3.86. The lowest BCUT2D eigenvalue weighted by molar-refractivity contribution is 0.209. The van der Waals surface area contributed by atoms with Crippen LogP contribution in [0.5, 0.6) is 0 Å². The van der Waals surface area contributed by atoms with Crippen molar-refractivity contribution in [3.63, 3.8) is 0 Å². The zero-order valence-corrected chi connectivity index (χ0v) is 18.4. The van der Waals surface area contributed by atoms with E-state index in [0.29, 0.717) is 18.5 Å². The summed E-state index contributed by atoms with van der Waals surface area (Å²) in [5.41, 5.74) is 5.32. The van der Waals surface area contributed by atoms with Gasteiger partial charge in [-0.25, -0.2) is 4.79 Å². The van der Waals surface area contributed by atoms with Crippen LogP contribution in [0.1, 0.15) is 22.3 Å². The van der Waals surface area contributed by atoms with Gasteiger partial charge < -0.3 is 15.2 Å². The number of anilines is 1. The summed E-state index contributed by atoms with van der Waals surface area (Å²) in [6.07, 6.45) is 0.703. The third-order valence-corrected chi connectivity index (χ3v) is 5.59. The average Bonchev–Trinajstić information content (AvgIpc) is 2.78. The van der Waals surface area contributed by atoms with E-state index < -0.39 is 0 Å². The van der Waals surface area contributed by atoms with Crippen LogP contribution in [-0.2, 0) is 13.0 Å². The minimum Gasteiger partial charge on any atom is -0.321 e. The molecular formula is C27H27N3O2. The van der Waals surface area contributed by atoms with Gasteiger partial charge in [-0.15, -0.1) is 0 Å². The van der Waals surface area contributed by atoms with Crippen LogP contribution in [0.25, 0.3) is 10.9 Å². The van der Waals surface area contributed by atoms with E-state index in [1.165, 1.54) is 5.56 Å². The second-order valence-corrected chi connectivity index (χ2v) is 8.12. The number of urea groups is 1. The van der Waals surface area contributed by atoms with Crippen molar-refractivity contribution in [2.24, 2.45) is 0 Å². The van der Waals surface area contributed by atoms with E-state index in [1.54, 1.807) is 4.90 Å². The molecule has 2 N–H and O–H groups in total. The Hall–Kier alpha value is -3.86. The quantitative estimate of drug-likeness (QED) is 0.433. The number of hydrogen-bond acceptors (Lipinski definition) is 2. The van der Waals surface area contributed by atoms with Gasteiger partial charge in [0.25, 0.3) is 5.56 Å². The van der Waals surface area contributed by atoms with Gasteiger partial charge in [0.15, 0.2) is 0 Å². The summed E-state index contributed by atoms with van der Waals surface area (Å²) in [5.74, 6) is 0. The smallest absolute Gasteiger partial charge is 0.321 e. The number of carbonyl (C=O) groups is 1. The van der Waals surface area contributed by atoms with Crippen LogP contribution in [0.15, 0.2) is 83.7 Å². The van der Waals surface area contributed by atoms with Crippen LogP contribution in [-0.4, -0.2) is 22.5 Å². The van der Waals surface area contributed by atoms with E-state index in [-0.39, 0.29) is 18.1 Å². The Balaban J connectivity index is 1.60. The second-order valence-electron chi connectivity index (χ2n) is 8.12. The van der Waals surface area contributed by atoms with Crippen molar-refractivity contribution in [1.82, 2.24) is 9.88 Å². The van der Waals surface area contributed by atoms with Crippen LogP contribution in [0.4, 0.5) is 10.5 Å². The molecule has 5 heteroatoms. The fraction of sp³-hybridized carbons (Fsp3) is 0.185. The Morgan fingerprint density at radius 2 is 1.72 bits per heavy atom. The Morgan fingerprint density at radius 3 is 2.50 bits per heavy atom. The van der Waals surface area contributed by atoms with E-state index in [0.717, 1.165) is 27.7 Å². The minimum atomic E-state index is -0.229. The number of carbonyl (C=O) groups excluding carboxylic acids is 1. The number of amides is 2. The van der Waals surface area contributed by atoms with Gasteiger partial charge in [-0.05, 0) is 55.0 Å². The van der Waals surface area contributed by atoms with E-state index in [2.05, 4.69) is 35.4 Å². The van der Waals surface area contributed by atoms with Crippen LogP contribution in [0, 0.1) is 13.8 Å². The molecule has 3 aromatic carbocycles. The molecule has 1 heterocycles. The van der Waals surface area contributed by atoms with Crippen LogP contribution >= 0.6 is 0 Å². The molecule has 32 heavy (non-hydrogen) atoms. The molecule has 0 unspecified atom stereocenters. The number of pyridine rings is 1. The first kappa shape index (κ1) is 21.4. The van der Waals surface area contributed by atoms with Gasteiger partial charge in [0.1, 0.15) is 0 Å². The van der Waals surface area contributed by atoms with Crippen molar-refractivity contribution in [1.29, 1.82) is 0 Å². The van der Waals surface area contributed by atoms with Gasteiger partial charge >= 0.3 is 6.03 Å². The molecule has 1 aromatic heterocycles. The van der Waals surface area contributed by atoms with E-state index in [9.17, 15) is 9.59 Å². The molecule has 0 fully saturated rings. The lowest BCUT2D eigenvalue weighted by Gasteiger charge is -2.23. The Morgan fingerprint density at radius 1 is 0.938 bits per heavy atom. The molecule has 4 rings (SSSR count). The first-order valence-corrected chi connectivity index (χ1v) is 10.8. The van der Waals surface area contributed by atoms with Gasteiger partial charge in [0.05, 0.1) is 12.1 Å². The molecule has 0 radical (unpaired) electrons. The van der Waals surface area contributed by atoms with Crippen molar-refractivity contribution >= 4 is 22.6 Å². The molecule has 0 spiro atoms. The molecule has 0 aliphatic heterocycles. The zero-order chi connectivity index (χ0) is 22.5. The largest absolute Gasteiger partial charge is 0.322 e. The van der Waals surface area contributed by atoms with E-state index in [1.807, 2.05) is 67.6 Å². The lowest BCUT2D eigenvalue weighted by atomic mass is 10.1. The molecule has 4 aromatic rings. The fourth-order valence-corrected chi connectivity index (χ4v) is 3.86. The Labute approximate surface area is 187 Å². The summed E-state index contributed by atoms with van der Waals surface area (Å²) in [5, 5.41) is 3.91. The molecular weight excluding hydrogens is 398 g/mol. The van der Waals surface area contributed by atoms with Gasteiger partial charge in [-0.3, -0.25) is 4.79 Å². The topological polar surface area (TPSA) is 65.2 Å². The Kier molecular flexibility index (Phi) is 6.36. The molecule has 0 aliphatic rings. The maximum Gasteiger partial charge on any atom is 0.322 e. The van der Waals surface area contributed by atoms with Crippen molar-refractivity contribution in [3.8, 4) is 0 Å². The number of hydrogen-bond donors (Lipinski definition) is 2. The van der Waals surface area contributed by atoms with E-state index >= 15 is 0 Å². The third kappa shape index (κ3) is 5.06.